The second-order valence-electron chi connectivity index (χ2n) is 5.37. The number of carbonyl (C=O) groups is 4. The molecule has 146 valence electrons. The van der Waals surface area contributed by atoms with E-state index >= 15 is 0 Å². The Hall–Kier alpha value is -2.07. The lowest BCUT2D eigenvalue weighted by molar-refractivity contribution is -0.237. The summed E-state index contributed by atoms with van der Waals surface area (Å²) in [7, 11) is 0. The van der Waals surface area contributed by atoms with E-state index in [1.54, 1.807) is 0 Å². The van der Waals surface area contributed by atoms with Crippen molar-refractivity contribution in [1.82, 2.24) is 0 Å². The summed E-state index contributed by atoms with van der Waals surface area (Å²) in [6, 6.07) is 0. The SMILES string of the molecule is C=CS[C@@H]1O[C@H](COC(C)=O)[C@@H](OC(C)=O)[C@H](OC(C)=O)[C@H]1OC(C)=O. The molecular weight excluding hydrogens is 368 g/mol. The minimum Gasteiger partial charge on any atom is -0.463 e. The third-order valence-corrected chi connectivity index (χ3v) is 4.02. The molecule has 0 aliphatic carbocycles. The Kier molecular flexibility index (Phi) is 8.59. The molecule has 0 bridgehead atoms. The fraction of sp³-hybridized carbons (Fsp3) is 0.625. The Morgan fingerprint density at radius 1 is 0.885 bits per heavy atom. The van der Waals surface area contributed by atoms with Gasteiger partial charge in [-0.15, -0.1) is 0 Å². The third-order valence-electron chi connectivity index (χ3n) is 3.18. The molecule has 10 heteroatoms. The lowest BCUT2D eigenvalue weighted by Gasteiger charge is -2.43. The minimum absolute atomic E-state index is 0.244. The van der Waals surface area contributed by atoms with Gasteiger partial charge in [-0.05, 0) is 5.41 Å². The molecule has 0 saturated carbocycles. The normalized spacial score (nSPS) is 27.8. The number of thioether (sulfide) groups is 1. The first-order chi connectivity index (χ1) is 12.1. The van der Waals surface area contributed by atoms with E-state index in [1.807, 2.05) is 0 Å². The van der Waals surface area contributed by atoms with Crippen molar-refractivity contribution in [2.45, 2.75) is 57.5 Å². The van der Waals surface area contributed by atoms with E-state index in [4.69, 9.17) is 23.7 Å². The Bertz CT molecular complexity index is 562. The standard InChI is InChI=1S/C16H22O9S/c1-6-26-16-15(24-11(5)20)14(23-10(4)19)13(22-9(3)18)12(25-16)7-21-8(2)17/h6,12-16H,1,7H2,2-5H3/t12-,13-,14+,15-,16+/m1/s1. The van der Waals surface area contributed by atoms with Crippen LogP contribution in [0.4, 0.5) is 0 Å². The number of carbonyl (C=O) groups excluding carboxylic acids is 4. The number of hydrogen-bond acceptors (Lipinski definition) is 10. The van der Waals surface area contributed by atoms with Gasteiger partial charge >= 0.3 is 23.9 Å². The zero-order valence-corrected chi connectivity index (χ0v) is 15.8. The molecular formula is C16H22O9S. The second kappa shape index (κ2) is 10.2. The van der Waals surface area contributed by atoms with Crippen molar-refractivity contribution in [1.29, 1.82) is 0 Å². The molecule has 26 heavy (non-hydrogen) atoms. The molecule has 0 radical (unpaired) electrons. The lowest BCUT2D eigenvalue weighted by atomic mass is 9.99. The maximum atomic E-state index is 11.6. The van der Waals surface area contributed by atoms with Crippen LogP contribution >= 0.6 is 11.8 Å². The summed E-state index contributed by atoms with van der Waals surface area (Å²) in [5.41, 5.74) is -0.812. The van der Waals surface area contributed by atoms with Crippen LogP contribution in [0.1, 0.15) is 27.7 Å². The van der Waals surface area contributed by atoms with Gasteiger partial charge in [0.05, 0.1) is 0 Å². The Morgan fingerprint density at radius 3 is 1.85 bits per heavy atom. The molecule has 0 spiro atoms. The first-order valence-electron chi connectivity index (χ1n) is 7.72. The van der Waals surface area contributed by atoms with Crippen molar-refractivity contribution in [2.75, 3.05) is 6.61 Å². The van der Waals surface area contributed by atoms with Gasteiger partial charge < -0.3 is 23.7 Å². The van der Waals surface area contributed by atoms with Gasteiger partial charge in [0, 0.05) is 27.7 Å². The van der Waals surface area contributed by atoms with Crippen LogP contribution in [0, 0.1) is 0 Å². The molecule has 1 fully saturated rings. The van der Waals surface area contributed by atoms with Crippen LogP contribution in [0.5, 0.6) is 0 Å². The average molecular weight is 390 g/mol. The fourth-order valence-corrected chi connectivity index (χ4v) is 3.15. The van der Waals surface area contributed by atoms with Gasteiger partial charge in [0.15, 0.2) is 18.3 Å². The predicted molar refractivity (Wildman–Crippen MR) is 89.7 cm³/mol. The van der Waals surface area contributed by atoms with Crippen molar-refractivity contribution < 1.29 is 42.9 Å². The third kappa shape index (κ3) is 6.68. The summed E-state index contributed by atoms with van der Waals surface area (Å²) in [5.74, 6) is -2.53. The second-order valence-corrected chi connectivity index (χ2v) is 6.44. The van der Waals surface area contributed by atoms with Crippen LogP contribution in [0.15, 0.2) is 12.0 Å². The summed E-state index contributed by atoms with van der Waals surface area (Å²) in [4.78, 5) is 45.7. The zero-order chi connectivity index (χ0) is 19.9. The van der Waals surface area contributed by atoms with Crippen molar-refractivity contribution in [3.8, 4) is 0 Å². The molecule has 0 N–H and O–H groups in total. The molecule has 0 unspecified atom stereocenters. The average Bonchev–Trinajstić information content (AvgIpc) is 2.50. The molecule has 1 saturated heterocycles. The van der Waals surface area contributed by atoms with Gasteiger partial charge in [-0.1, -0.05) is 18.3 Å². The van der Waals surface area contributed by atoms with Crippen LogP contribution in [0.2, 0.25) is 0 Å². The van der Waals surface area contributed by atoms with Crippen molar-refractivity contribution in [3.63, 3.8) is 0 Å². The minimum atomic E-state index is -1.15. The highest BCUT2D eigenvalue weighted by Crippen LogP contribution is 2.34. The Labute approximate surface area is 155 Å². The summed E-state index contributed by atoms with van der Waals surface area (Å²) in [6.45, 7) is 8.08. The molecule has 5 atom stereocenters. The Balaban J connectivity index is 3.24. The van der Waals surface area contributed by atoms with Crippen LogP contribution in [0.25, 0.3) is 0 Å². The maximum absolute atomic E-state index is 11.6. The lowest BCUT2D eigenvalue weighted by Crippen LogP contribution is -2.61. The van der Waals surface area contributed by atoms with E-state index in [0.717, 1.165) is 11.8 Å². The van der Waals surface area contributed by atoms with E-state index in [0.29, 0.717) is 0 Å². The van der Waals surface area contributed by atoms with Crippen molar-refractivity contribution in [2.24, 2.45) is 0 Å². The highest BCUT2D eigenvalue weighted by Gasteiger charge is 2.52. The topological polar surface area (TPSA) is 114 Å². The zero-order valence-electron chi connectivity index (χ0n) is 15.0. The van der Waals surface area contributed by atoms with E-state index in [1.165, 1.54) is 33.1 Å². The number of esters is 4. The number of rotatable bonds is 7. The van der Waals surface area contributed by atoms with Gasteiger partial charge in [-0.25, -0.2) is 0 Å². The summed E-state index contributed by atoms with van der Waals surface area (Å²) in [5, 5.41) is 1.46. The van der Waals surface area contributed by atoms with Crippen LogP contribution in [-0.4, -0.2) is 60.3 Å². The highest BCUT2D eigenvalue weighted by atomic mass is 32.2. The molecule has 0 aromatic heterocycles. The van der Waals surface area contributed by atoms with Gasteiger partial charge in [0.2, 0.25) is 0 Å². The fourth-order valence-electron chi connectivity index (χ4n) is 2.39. The molecule has 1 aliphatic heterocycles. The first-order valence-corrected chi connectivity index (χ1v) is 8.66. The van der Waals surface area contributed by atoms with E-state index in [2.05, 4.69) is 6.58 Å². The molecule has 0 amide bonds. The van der Waals surface area contributed by atoms with E-state index in [9.17, 15) is 19.2 Å². The number of hydrogen-bond donors (Lipinski definition) is 0. The molecule has 1 aliphatic rings. The summed E-state index contributed by atoms with van der Waals surface area (Å²) >= 11 is 1.08. The highest BCUT2D eigenvalue weighted by molar-refractivity contribution is 8.02. The predicted octanol–water partition coefficient (Wildman–Crippen LogP) is 0.946. The van der Waals surface area contributed by atoms with Crippen molar-refractivity contribution >= 4 is 35.6 Å². The number of ether oxygens (including phenoxy) is 5. The van der Waals surface area contributed by atoms with E-state index in [-0.39, 0.29) is 6.61 Å². The van der Waals surface area contributed by atoms with Gasteiger partial charge in [-0.3, -0.25) is 19.2 Å². The van der Waals surface area contributed by atoms with E-state index < -0.39 is 53.7 Å². The van der Waals surface area contributed by atoms with Gasteiger partial charge in [0.1, 0.15) is 18.1 Å². The molecule has 1 rings (SSSR count). The largest absolute Gasteiger partial charge is 0.463 e. The smallest absolute Gasteiger partial charge is 0.303 e. The quantitative estimate of drug-likeness (QED) is 0.459. The van der Waals surface area contributed by atoms with Crippen LogP contribution in [0.3, 0.4) is 0 Å². The van der Waals surface area contributed by atoms with Crippen LogP contribution in [-0.2, 0) is 42.9 Å². The van der Waals surface area contributed by atoms with Crippen molar-refractivity contribution in [3.05, 3.63) is 12.0 Å². The molecule has 0 aromatic rings. The molecule has 0 aromatic carbocycles. The Morgan fingerprint density at radius 2 is 1.38 bits per heavy atom. The summed E-state index contributed by atoms with van der Waals surface area (Å²) < 4.78 is 26.5. The monoisotopic (exact) mass is 390 g/mol. The molecule has 1 heterocycles. The van der Waals surface area contributed by atoms with Gasteiger partial charge in [-0.2, -0.15) is 0 Å². The molecule has 9 nitrogen and oxygen atoms in total. The first kappa shape index (κ1) is 22.0. The van der Waals surface area contributed by atoms with Crippen LogP contribution < -0.4 is 0 Å². The summed E-state index contributed by atoms with van der Waals surface area (Å²) in [6.07, 6.45) is -4.28. The maximum Gasteiger partial charge on any atom is 0.303 e. The van der Waals surface area contributed by atoms with Gasteiger partial charge in [0.25, 0.3) is 0 Å².